The van der Waals surface area contributed by atoms with Gasteiger partial charge in [-0.1, -0.05) is 20.8 Å². The predicted molar refractivity (Wildman–Crippen MR) is 82.1 cm³/mol. The highest BCUT2D eigenvalue weighted by molar-refractivity contribution is 7.09. The van der Waals surface area contributed by atoms with E-state index in [4.69, 9.17) is 4.98 Å². The third-order valence-corrected chi connectivity index (χ3v) is 4.92. The van der Waals surface area contributed by atoms with Gasteiger partial charge < -0.3 is 9.80 Å². The SMILES string of the molecule is CC1CC(N(C)c2nc(C(C)(C)C)ns2)CCN1C. The Morgan fingerprint density at radius 3 is 2.58 bits per heavy atom. The van der Waals surface area contributed by atoms with Gasteiger partial charge in [0.2, 0.25) is 5.13 Å². The normalized spacial score (nSPS) is 25.6. The molecule has 19 heavy (non-hydrogen) atoms. The van der Waals surface area contributed by atoms with E-state index in [9.17, 15) is 0 Å². The lowest BCUT2D eigenvalue weighted by molar-refractivity contribution is 0.181. The molecule has 5 heteroatoms. The zero-order valence-electron chi connectivity index (χ0n) is 13.0. The van der Waals surface area contributed by atoms with Crippen molar-refractivity contribution in [3.8, 4) is 0 Å². The molecule has 1 saturated heterocycles. The largest absolute Gasteiger partial charge is 0.347 e. The van der Waals surface area contributed by atoms with Gasteiger partial charge in [0.05, 0.1) is 0 Å². The molecule has 1 aliphatic rings. The van der Waals surface area contributed by atoms with Crippen LogP contribution in [-0.2, 0) is 5.41 Å². The standard InChI is InChI=1S/C14H26N4S/c1-10-9-11(7-8-17(10)5)18(6)13-15-12(16-19-13)14(2,3)4/h10-11H,7-9H2,1-6H3. The number of hydrogen-bond donors (Lipinski definition) is 0. The third-order valence-electron chi connectivity index (χ3n) is 4.12. The second-order valence-corrected chi connectivity index (χ2v) is 7.50. The van der Waals surface area contributed by atoms with Gasteiger partial charge >= 0.3 is 0 Å². The number of rotatable bonds is 2. The Labute approximate surface area is 121 Å². The third kappa shape index (κ3) is 3.26. The smallest absolute Gasteiger partial charge is 0.205 e. The van der Waals surface area contributed by atoms with Crippen LogP contribution < -0.4 is 4.90 Å². The Morgan fingerprint density at radius 1 is 1.37 bits per heavy atom. The van der Waals surface area contributed by atoms with Crippen LogP contribution in [0.4, 0.5) is 5.13 Å². The van der Waals surface area contributed by atoms with Crippen LogP contribution in [0.1, 0.15) is 46.4 Å². The maximum Gasteiger partial charge on any atom is 0.205 e. The first kappa shape index (κ1) is 14.7. The van der Waals surface area contributed by atoms with Crippen LogP contribution in [0.2, 0.25) is 0 Å². The number of piperidine rings is 1. The minimum Gasteiger partial charge on any atom is -0.347 e. The van der Waals surface area contributed by atoms with E-state index in [0.717, 1.165) is 11.0 Å². The van der Waals surface area contributed by atoms with Crippen molar-refractivity contribution in [2.45, 2.75) is 58.0 Å². The van der Waals surface area contributed by atoms with Gasteiger partial charge in [0.1, 0.15) is 5.82 Å². The van der Waals surface area contributed by atoms with E-state index in [-0.39, 0.29) is 5.41 Å². The summed E-state index contributed by atoms with van der Waals surface area (Å²) >= 11 is 1.53. The molecule has 2 unspecified atom stereocenters. The van der Waals surface area contributed by atoms with Gasteiger partial charge in [0.15, 0.2) is 0 Å². The second kappa shape index (κ2) is 5.37. The topological polar surface area (TPSA) is 32.3 Å². The Morgan fingerprint density at radius 2 is 2.05 bits per heavy atom. The molecule has 0 aromatic carbocycles. The summed E-state index contributed by atoms with van der Waals surface area (Å²) in [4.78, 5) is 9.49. The lowest BCUT2D eigenvalue weighted by Crippen LogP contribution is -2.46. The van der Waals surface area contributed by atoms with Crippen LogP contribution >= 0.6 is 11.5 Å². The van der Waals surface area contributed by atoms with Crippen molar-refractivity contribution in [1.29, 1.82) is 0 Å². The molecular weight excluding hydrogens is 256 g/mol. The van der Waals surface area contributed by atoms with Gasteiger partial charge in [-0.15, -0.1) is 0 Å². The molecule has 1 aromatic rings. The monoisotopic (exact) mass is 282 g/mol. The number of nitrogens with zero attached hydrogens (tertiary/aromatic N) is 4. The minimum atomic E-state index is 0.0374. The van der Waals surface area contributed by atoms with Gasteiger partial charge in [0, 0.05) is 42.6 Å². The van der Waals surface area contributed by atoms with Crippen LogP contribution in [-0.4, -0.2) is 47.0 Å². The van der Waals surface area contributed by atoms with Crippen molar-refractivity contribution in [3.63, 3.8) is 0 Å². The Hall–Kier alpha value is -0.680. The zero-order valence-corrected chi connectivity index (χ0v) is 13.8. The van der Waals surface area contributed by atoms with Crippen LogP contribution in [0, 0.1) is 0 Å². The second-order valence-electron chi connectivity index (χ2n) is 6.77. The van der Waals surface area contributed by atoms with Gasteiger partial charge in [0.25, 0.3) is 0 Å². The fourth-order valence-corrected chi connectivity index (χ4v) is 3.32. The summed E-state index contributed by atoms with van der Waals surface area (Å²) < 4.78 is 4.52. The first-order valence-corrected chi connectivity index (χ1v) is 7.83. The van der Waals surface area contributed by atoms with Crippen molar-refractivity contribution < 1.29 is 0 Å². The van der Waals surface area contributed by atoms with Crippen LogP contribution in [0.5, 0.6) is 0 Å². The van der Waals surface area contributed by atoms with Crippen molar-refractivity contribution in [1.82, 2.24) is 14.3 Å². The average molecular weight is 282 g/mol. The van der Waals surface area contributed by atoms with E-state index in [1.165, 1.54) is 30.9 Å². The molecule has 1 aliphatic heterocycles. The number of likely N-dealkylation sites (tertiary alicyclic amines) is 1. The van der Waals surface area contributed by atoms with E-state index in [1.54, 1.807) is 0 Å². The first-order chi connectivity index (χ1) is 8.79. The number of hydrogen-bond acceptors (Lipinski definition) is 5. The van der Waals surface area contributed by atoms with Crippen molar-refractivity contribution >= 4 is 16.7 Å². The van der Waals surface area contributed by atoms with Crippen LogP contribution in [0.25, 0.3) is 0 Å². The lowest BCUT2D eigenvalue weighted by Gasteiger charge is -2.39. The summed E-state index contributed by atoms with van der Waals surface area (Å²) in [6, 6.07) is 1.24. The molecule has 2 rings (SSSR count). The molecule has 0 aliphatic carbocycles. The maximum absolute atomic E-state index is 4.72. The molecule has 1 fully saturated rings. The van der Waals surface area contributed by atoms with Gasteiger partial charge in [-0.2, -0.15) is 4.37 Å². The highest BCUT2D eigenvalue weighted by atomic mass is 32.1. The molecule has 0 radical (unpaired) electrons. The summed E-state index contributed by atoms with van der Waals surface area (Å²) in [7, 11) is 4.37. The first-order valence-electron chi connectivity index (χ1n) is 7.06. The molecule has 108 valence electrons. The fourth-order valence-electron chi connectivity index (χ4n) is 2.44. The van der Waals surface area contributed by atoms with Crippen molar-refractivity contribution in [2.24, 2.45) is 0 Å². The highest BCUT2D eigenvalue weighted by Gasteiger charge is 2.28. The summed E-state index contributed by atoms with van der Waals surface area (Å²) in [5.41, 5.74) is 0.0374. The molecule has 0 N–H and O–H groups in total. The summed E-state index contributed by atoms with van der Waals surface area (Å²) in [6.45, 7) is 9.96. The van der Waals surface area contributed by atoms with Crippen molar-refractivity contribution in [2.75, 3.05) is 25.5 Å². The number of anilines is 1. The Bertz CT molecular complexity index is 423. The van der Waals surface area contributed by atoms with Gasteiger partial charge in [-0.05, 0) is 26.8 Å². The summed E-state index contributed by atoms with van der Waals surface area (Å²) in [5.74, 6) is 0.959. The average Bonchev–Trinajstić information content (AvgIpc) is 2.81. The van der Waals surface area contributed by atoms with Gasteiger partial charge in [-0.25, -0.2) is 4.98 Å². The van der Waals surface area contributed by atoms with E-state index < -0.39 is 0 Å². The molecule has 0 saturated carbocycles. The molecule has 2 heterocycles. The summed E-state index contributed by atoms with van der Waals surface area (Å²) in [5, 5.41) is 1.06. The maximum atomic E-state index is 4.72. The van der Waals surface area contributed by atoms with Crippen LogP contribution in [0.15, 0.2) is 0 Å². The van der Waals surface area contributed by atoms with E-state index in [2.05, 4.69) is 56.0 Å². The minimum absolute atomic E-state index is 0.0374. The highest BCUT2D eigenvalue weighted by Crippen LogP contribution is 2.28. The van der Waals surface area contributed by atoms with Crippen LogP contribution in [0.3, 0.4) is 0 Å². The molecule has 1 aromatic heterocycles. The summed E-state index contributed by atoms with van der Waals surface area (Å²) in [6.07, 6.45) is 2.42. The molecular formula is C14H26N4S. The van der Waals surface area contributed by atoms with E-state index >= 15 is 0 Å². The van der Waals surface area contributed by atoms with E-state index in [1.807, 2.05) is 0 Å². The molecule has 0 spiro atoms. The molecule has 2 atom stereocenters. The Balaban J connectivity index is 2.07. The Kier molecular flexibility index (Phi) is 4.16. The van der Waals surface area contributed by atoms with Gasteiger partial charge in [-0.3, -0.25) is 0 Å². The fraction of sp³-hybridized carbons (Fsp3) is 0.857. The molecule has 0 amide bonds. The number of aromatic nitrogens is 2. The predicted octanol–water partition coefficient (Wildman–Crippen LogP) is 2.75. The lowest BCUT2D eigenvalue weighted by atomic mass is 9.96. The molecule has 4 nitrogen and oxygen atoms in total. The van der Waals surface area contributed by atoms with E-state index in [0.29, 0.717) is 12.1 Å². The quantitative estimate of drug-likeness (QED) is 0.835. The van der Waals surface area contributed by atoms with Crippen molar-refractivity contribution in [3.05, 3.63) is 5.82 Å². The molecule has 0 bridgehead atoms. The zero-order chi connectivity index (χ0) is 14.2.